The smallest absolute Gasteiger partial charge is 0.269 e. The molecule has 0 aromatic heterocycles. The van der Waals surface area contributed by atoms with Crippen LogP contribution in [-0.2, 0) is 14.4 Å². The number of nitrogens with zero attached hydrogens (tertiary/aromatic N) is 2. The van der Waals surface area contributed by atoms with Crippen LogP contribution in [0.4, 0.5) is 11.4 Å². The summed E-state index contributed by atoms with van der Waals surface area (Å²) in [5.74, 6) is -2.60. The predicted molar refractivity (Wildman–Crippen MR) is 147 cm³/mol. The molecule has 6 rings (SSSR count). The number of fused-ring (bicyclic) bond motifs is 5. The van der Waals surface area contributed by atoms with E-state index in [0.717, 1.165) is 22.3 Å². The molecule has 3 aromatic carbocycles. The Balaban J connectivity index is 1.62. The number of anilines is 1. The Kier molecular flexibility index (Phi) is 5.47. The molecule has 3 aliphatic rings. The number of ketones is 1. The molecular weight excluding hydrogens is 492 g/mol. The first-order valence-corrected chi connectivity index (χ1v) is 13.2. The molecular formula is C32H28N2O5. The summed E-state index contributed by atoms with van der Waals surface area (Å²) in [5, 5.41) is 11.3. The SMILES string of the molecule is CCC[C@@]12C(=O)[C@@](C)(C(c3ccccc3)=C1c1ccccc1)[C@@H]1C(=O)N(c3ccc([N+](=O)[O-])cc3C)C(=O)[C@H]12. The molecule has 1 saturated carbocycles. The van der Waals surface area contributed by atoms with Crippen LogP contribution in [0.1, 0.15) is 43.4 Å². The first kappa shape index (κ1) is 24.9. The number of aryl methyl sites for hydroxylation is 1. The molecule has 3 aromatic rings. The summed E-state index contributed by atoms with van der Waals surface area (Å²) in [6, 6.07) is 23.5. The van der Waals surface area contributed by atoms with Gasteiger partial charge in [-0.05, 0) is 54.2 Å². The van der Waals surface area contributed by atoms with Gasteiger partial charge >= 0.3 is 0 Å². The number of rotatable bonds is 6. The maximum atomic E-state index is 14.7. The summed E-state index contributed by atoms with van der Waals surface area (Å²) in [6.07, 6.45) is 1.09. The number of imide groups is 1. The lowest BCUT2D eigenvalue weighted by Gasteiger charge is -2.37. The lowest BCUT2D eigenvalue weighted by molar-refractivity contribution is -0.384. The summed E-state index contributed by atoms with van der Waals surface area (Å²) in [5.41, 5.74) is 1.72. The Hall–Kier alpha value is -4.39. The molecule has 196 valence electrons. The Bertz CT molecular complexity index is 1600. The van der Waals surface area contributed by atoms with Crippen LogP contribution in [-0.4, -0.2) is 22.5 Å². The normalized spacial score (nSPS) is 27.5. The molecule has 1 saturated heterocycles. The fraction of sp³-hybridized carbons (Fsp3) is 0.281. The first-order valence-electron chi connectivity index (χ1n) is 13.2. The number of Topliss-reactive ketones (excluding diaryl/α,β-unsaturated/α-hetero) is 1. The highest BCUT2D eigenvalue weighted by Gasteiger charge is 2.80. The quantitative estimate of drug-likeness (QED) is 0.225. The van der Waals surface area contributed by atoms with Gasteiger partial charge in [0.15, 0.2) is 5.78 Å². The molecule has 2 fully saturated rings. The van der Waals surface area contributed by atoms with Gasteiger partial charge in [0.05, 0.1) is 33.3 Å². The van der Waals surface area contributed by atoms with Gasteiger partial charge in [0.25, 0.3) is 5.69 Å². The van der Waals surface area contributed by atoms with E-state index in [4.69, 9.17) is 0 Å². The second kappa shape index (κ2) is 8.56. The summed E-state index contributed by atoms with van der Waals surface area (Å²) < 4.78 is 0. The molecule has 7 nitrogen and oxygen atoms in total. The standard InChI is InChI=1S/C32H28N2O5/c1-4-17-32-25(21-13-9-6-10-14-21)24(20-11-7-5-8-12-20)31(3,30(32)37)26-27(32)29(36)33(28(26)35)23-16-15-22(34(38)39)18-19(23)2/h5-16,18,26-27H,4,17H2,1-3H3/t26-,27-,31-,32+/m0/s1. The van der Waals surface area contributed by atoms with Gasteiger partial charge in [0, 0.05) is 12.1 Å². The lowest BCUT2D eigenvalue weighted by Crippen LogP contribution is -2.41. The highest BCUT2D eigenvalue weighted by molar-refractivity contribution is 6.34. The van der Waals surface area contributed by atoms with Crippen LogP contribution in [0.5, 0.6) is 0 Å². The third-order valence-corrected chi connectivity index (χ3v) is 8.95. The van der Waals surface area contributed by atoms with Crippen molar-refractivity contribution >= 4 is 40.1 Å². The van der Waals surface area contributed by atoms with Crippen molar-refractivity contribution in [3.8, 4) is 0 Å². The fourth-order valence-electron chi connectivity index (χ4n) is 7.60. The number of allylic oxidation sites excluding steroid dienone is 2. The number of hydrogen-bond donors (Lipinski definition) is 0. The van der Waals surface area contributed by atoms with Crippen molar-refractivity contribution in [1.82, 2.24) is 0 Å². The third kappa shape index (κ3) is 3.07. The van der Waals surface area contributed by atoms with Crippen molar-refractivity contribution in [1.29, 1.82) is 0 Å². The minimum absolute atomic E-state index is 0.0636. The summed E-state index contributed by atoms with van der Waals surface area (Å²) >= 11 is 0. The van der Waals surface area contributed by atoms with Gasteiger partial charge in [-0.25, -0.2) is 4.90 Å². The average Bonchev–Trinajstić information content (AvgIpc) is 3.39. The Morgan fingerprint density at radius 1 is 0.846 bits per heavy atom. The van der Waals surface area contributed by atoms with E-state index in [-0.39, 0.29) is 11.5 Å². The van der Waals surface area contributed by atoms with Crippen molar-refractivity contribution in [2.75, 3.05) is 4.90 Å². The maximum Gasteiger partial charge on any atom is 0.269 e. The number of non-ortho nitro benzene ring substituents is 1. The average molecular weight is 521 g/mol. The van der Waals surface area contributed by atoms with Crippen LogP contribution < -0.4 is 4.90 Å². The second-order valence-electron chi connectivity index (χ2n) is 10.9. The Morgan fingerprint density at radius 2 is 1.41 bits per heavy atom. The van der Waals surface area contributed by atoms with E-state index >= 15 is 0 Å². The molecule has 0 N–H and O–H groups in total. The van der Waals surface area contributed by atoms with Gasteiger partial charge in [-0.1, -0.05) is 74.0 Å². The van der Waals surface area contributed by atoms with Crippen molar-refractivity contribution in [2.24, 2.45) is 22.7 Å². The van der Waals surface area contributed by atoms with Crippen molar-refractivity contribution in [3.63, 3.8) is 0 Å². The van der Waals surface area contributed by atoms with E-state index in [2.05, 4.69) is 0 Å². The minimum atomic E-state index is -1.21. The molecule has 7 heteroatoms. The topological polar surface area (TPSA) is 97.6 Å². The molecule has 2 amide bonds. The highest BCUT2D eigenvalue weighted by Crippen LogP contribution is 2.75. The van der Waals surface area contributed by atoms with Crippen LogP contribution in [0.2, 0.25) is 0 Å². The van der Waals surface area contributed by atoms with E-state index < -0.39 is 39.4 Å². The number of amides is 2. The third-order valence-electron chi connectivity index (χ3n) is 8.95. The first-order chi connectivity index (χ1) is 18.7. The maximum absolute atomic E-state index is 14.7. The predicted octanol–water partition coefficient (Wildman–Crippen LogP) is 6.01. The molecule has 0 radical (unpaired) electrons. The van der Waals surface area contributed by atoms with Crippen LogP contribution in [0.15, 0.2) is 78.9 Å². The molecule has 1 heterocycles. The summed E-state index contributed by atoms with van der Waals surface area (Å²) in [6.45, 7) is 5.48. The lowest BCUT2D eigenvalue weighted by atomic mass is 9.61. The fourth-order valence-corrected chi connectivity index (χ4v) is 7.60. The van der Waals surface area contributed by atoms with Crippen molar-refractivity contribution in [3.05, 3.63) is 106 Å². The number of carbonyl (C=O) groups excluding carboxylic acids is 3. The molecule has 39 heavy (non-hydrogen) atoms. The molecule has 4 atom stereocenters. The van der Waals surface area contributed by atoms with E-state index in [0.29, 0.717) is 24.1 Å². The number of nitro benzene ring substituents is 1. The van der Waals surface area contributed by atoms with Crippen LogP contribution in [0.3, 0.4) is 0 Å². The zero-order chi connectivity index (χ0) is 27.7. The second-order valence-corrected chi connectivity index (χ2v) is 10.9. The summed E-state index contributed by atoms with van der Waals surface area (Å²) in [4.78, 5) is 55.3. The van der Waals surface area contributed by atoms with Gasteiger partial charge in [-0.3, -0.25) is 24.5 Å². The molecule has 0 spiro atoms. The van der Waals surface area contributed by atoms with E-state index in [9.17, 15) is 24.5 Å². The van der Waals surface area contributed by atoms with Gasteiger partial charge in [-0.2, -0.15) is 0 Å². The van der Waals surface area contributed by atoms with Crippen LogP contribution in [0, 0.1) is 39.7 Å². The zero-order valence-corrected chi connectivity index (χ0v) is 22.0. The van der Waals surface area contributed by atoms with Crippen molar-refractivity contribution < 1.29 is 19.3 Å². The number of carbonyl (C=O) groups is 3. The largest absolute Gasteiger partial charge is 0.298 e. The van der Waals surface area contributed by atoms with Crippen LogP contribution >= 0.6 is 0 Å². The number of nitro groups is 1. The molecule has 0 unspecified atom stereocenters. The van der Waals surface area contributed by atoms with Gasteiger partial charge in [-0.15, -0.1) is 0 Å². The van der Waals surface area contributed by atoms with E-state index in [1.165, 1.54) is 23.1 Å². The minimum Gasteiger partial charge on any atom is -0.298 e. The van der Waals surface area contributed by atoms with E-state index in [1.54, 1.807) is 6.92 Å². The van der Waals surface area contributed by atoms with Crippen LogP contribution in [0.25, 0.3) is 11.1 Å². The zero-order valence-electron chi connectivity index (χ0n) is 22.0. The summed E-state index contributed by atoms with van der Waals surface area (Å²) in [7, 11) is 0. The Labute approximate surface area is 226 Å². The van der Waals surface area contributed by atoms with Gasteiger partial charge in [0.2, 0.25) is 11.8 Å². The van der Waals surface area contributed by atoms with Gasteiger partial charge < -0.3 is 0 Å². The van der Waals surface area contributed by atoms with Crippen molar-refractivity contribution in [2.45, 2.75) is 33.6 Å². The highest BCUT2D eigenvalue weighted by atomic mass is 16.6. The van der Waals surface area contributed by atoms with Gasteiger partial charge in [0.1, 0.15) is 0 Å². The monoisotopic (exact) mass is 520 g/mol. The molecule has 2 aliphatic carbocycles. The Morgan fingerprint density at radius 3 is 1.95 bits per heavy atom. The number of benzene rings is 3. The molecule has 1 aliphatic heterocycles. The number of hydrogen-bond acceptors (Lipinski definition) is 5. The molecule has 2 bridgehead atoms. The van der Waals surface area contributed by atoms with E-state index in [1.807, 2.05) is 74.5 Å².